The Morgan fingerprint density at radius 3 is 2.74 bits per heavy atom. The molecule has 0 spiro atoms. The zero-order valence-corrected chi connectivity index (χ0v) is 20.7. The molecule has 1 heterocycles. The van der Waals surface area contributed by atoms with Crippen molar-refractivity contribution >= 4 is 17.2 Å². The number of nitrogens with one attached hydrogen (secondary N) is 5. The standard InChI is InChI=1S/C26H36FN7O/c1-5-22-33-24(23(25(28)34-22)32-16(2)18-8-6-7-9-18)26(35)31-13-17-10-19(12-21(27)11-17)20(14-29-3)15-30-4/h1,10-12,14,16,18,22,29-30,32,34H,6-9,13,15,28H2,2-4H3,(H,31,35)/b20-14+. The highest BCUT2D eigenvalue weighted by molar-refractivity contribution is 6.45. The Hall–Kier alpha value is -3.51. The first kappa shape index (κ1) is 26.1. The van der Waals surface area contributed by atoms with Crippen molar-refractivity contribution in [2.45, 2.75) is 51.4 Å². The SMILES string of the molecule is C#CC1N=C(C(=O)NCc2cc(F)cc(/C(=C/NC)CNC)c2)C(NC(C)C2CCCC2)=C(N)N1. The summed E-state index contributed by atoms with van der Waals surface area (Å²) in [6, 6.07) is 4.85. The number of aliphatic imine (C=N–C) groups is 1. The molecule has 0 bridgehead atoms. The van der Waals surface area contributed by atoms with Crippen LogP contribution in [-0.4, -0.2) is 44.5 Å². The summed E-state index contributed by atoms with van der Waals surface area (Å²) in [7, 11) is 3.61. The molecule has 1 aromatic carbocycles. The maximum Gasteiger partial charge on any atom is 0.272 e. The number of benzene rings is 1. The van der Waals surface area contributed by atoms with Gasteiger partial charge >= 0.3 is 0 Å². The molecule has 35 heavy (non-hydrogen) atoms. The van der Waals surface area contributed by atoms with E-state index in [1.165, 1.54) is 25.0 Å². The normalized spacial score (nSPS) is 19.5. The van der Waals surface area contributed by atoms with Gasteiger partial charge in [0.25, 0.3) is 5.91 Å². The number of nitrogens with zero attached hydrogens (tertiary/aromatic N) is 1. The smallest absolute Gasteiger partial charge is 0.272 e. The van der Waals surface area contributed by atoms with Crippen LogP contribution in [0.5, 0.6) is 0 Å². The lowest BCUT2D eigenvalue weighted by Crippen LogP contribution is -2.48. The molecular formula is C26H36FN7O. The lowest BCUT2D eigenvalue weighted by Gasteiger charge is -2.28. The summed E-state index contributed by atoms with van der Waals surface area (Å²) in [6.07, 6.45) is 11.3. The Balaban J connectivity index is 1.77. The maximum absolute atomic E-state index is 14.4. The highest BCUT2D eigenvalue weighted by Gasteiger charge is 2.29. The molecule has 7 N–H and O–H groups in total. The average Bonchev–Trinajstić information content (AvgIpc) is 3.38. The fraction of sp³-hybridized carbons (Fsp3) is 0.462. The van der Waals surface area contributed by atoms with Crippen LogP contribution in [0.3, 0.4) is 0 Å². The van der Waals surface area contributed by atoms with Crippen LogP contribution in [0.15, 0.2) is 40.9 Å². The Morgan fingerprint density at radius 1 is 1.34 bits per heavy atom. The largest absolute Gasteiger partial charge is 0.394 e. The van der Waals surface area contributed by atoms with Gasteiger partial charge in [-0.3, -0.25) is 4.79 Å². The number of hydrogen-bond donors (Lipinski definition) is 6. The molecule has 1 aliphatic heterocycles. The summed E-state index contributed by atoms with van der Waals surface area (Å²) in [5.41, 5.74) is 9.08. The third-order valence-corrected chi connectivity index (χ3v) is 6.38. The van der Waals surface area contributed by atoms with Gasteiger partial charge in [0, 0.05) is 32.4 Å². The number of terminal acetylenes is 1. The molecule has 0 radical (unpaired) electrons. The van der Waals surface area contributed by atoms with Gasteiger partial charge < -0.3 is 32.3 Å². The van der Waals surface area contributed by atoms with E-state index in [0.29, 0.717) is 29.5 Å². The van der Waals surface area contributed by atoms with Crippen LogP contribution < -0.4 is 32.3 Å². The first-order valence-corrected chi connectivity index (χ1v) is 12.0. The molecule has 188 valence electrons. The summed E-state index contributed by atoms with van der Waals surface area (Å²) in [5, 5.41) is 15.2. The second kappa shape index (κ2) is 12.3. The Labute approximate surface area is 207 Å². The van der Waals surface area contributed by atoms with Crippen LogP contribution in [0.4, 0.5) is 4.39 Å². The van der Waals surface area contributed by atoms with Crippen LogP contribution >= 0.6 is 0 Å². The second-order valence-electron chi connectivity index (χ2n) is 8.98. The minimum atomic E-state index is -0.736. The molecule has 2 unspecified atom stereocenters. The Kier molecular flexibility index (Phi) is 9.15. The topological polar surface area (TPSA) is 116 Å². The van der Waals surface area contributed by atoms with Gasteiger partial charge in [-0.1, -0.05) is 18.8 Å². The first-order valence-electron chi connectivity index (χ1n) is 12.0. The van der Waals surface area contributed by atoms with Gasteiger partial charge in [-0.2, -0.15) is 0 Å². The van der Waals surface area contributed by atoms with Crippen LogP contribution in [0.1, 0.15) is 43.7 Å². The summed E-state index contributed by atoms with van der Waals surface area (Å²) in [4.78, 5) is 17.6. The van der Waals surface area contributed by atoms with Crippen LogP contribution in [0.25, 0.3) is 5.57 Å². The number of amides is 1. The molecule has 2 atom stereocenters. The number of hydrogen-bond acceptors (Lipinski definition) is 7. The van der Waals surface area contributed by atoms with Crippen molar-refractivity contribution in [1.82, 2.24) is 26.6 Å². The molecule has 9 heteroatoms. The zero-order chi connectivity index (χ0) is 25.4. The van der Waals surface area contributed by atoms with Crippen LogP contribution in [0, 0.1) is 24.1 Å². The van der Waals surface area contributed by atoms with E-state index in [9.17, 15) is 9.18 Å². The molecule has 0 saturated heterocycles. The number of halogens is 1. The van der Waals surface area contributed by atoms with E-state index >= 15 is 0 Å². The van der Waals surface area contributed by atoms with Gasteiger partial charge in [0.15, 0.2) is 11.9 Å². The van der Waals surface area contributed by atoms with E-state index in [1.54, 1.807) is 7.05 Å². The second-order valence-corrected chi connectivity index (χ2v) is 8.98. The van der Waals surface area contributed by atoms with E-state index in [0.717, 1.165) is 24.0 Å². The molecule has 1 saturated carbocycles. The monoisotopic (exact) mass is 481 g/mol. The van der Waals surface area contributed by atoms with Gasteiger partial charge in [0.1, 0.15) is 17.3 Å². The average molecular weight is 482 g/mol. The van der Waals surface area contributed by atoms with E-state index < -0.39 is 12.1 Å². The number of carbonyl (C=O) groups excluding carboxylic acids is 1. The third kappa shape index (κ3) is 6.76. The lowest BCUT2D eigenvalue weighted by molar-refractivity contribution is -0.115. The summed E-state index contributed by atoms with van der Waals surface area (Å²) in [5.74, 6) is 2.48. The maximum atomic E-state index is 14.4. The molecule has 1 aromatic rings. The number of rotatable bonds is 10. The van der Waals surface area contributed by atoms with Gasteiger partial charge in [-0.15, -0.1) is 6.42 Å². The molecule has 0 aromatic heterocycles. The number of nitrogens with two attached hydrogens (primary N) is 1. The summed E-state index contributed by atoms with van der Waals surface area (Å²) in [6.45, 7) is 2.77. The minimum absolute atomic E-state index is 0.120. The van der Waals surface area contributed by atoms with Crippen molar-refractivity contribution in [2.75, 3.05) is 20.6 Å². The fourth-order valence-corrected chi connectivity index (χ4v) is 4.58. The van der Waals surface area contributed by atoms with Gasteiger partial charge in [-0.05, 0) is 67.6 Å². The molecule has 8 nitrogen and oxygen atoms in total. The zero-order valence-electron chi connectivity index (χ0n) is 20.7. The Bertz CT molecular complexity index is 1050. The molecule has 1 amide bonds. The van der Waals surface area contributed by atoms with Crippen molar-refractivity contribution in [2.24, 2.45) is 16.6 Å². The van der Waals surface area contributed by atoms with Crippen LogP contribution in [-0.2, 0) is 11.3 Å². The van der Waals surface area contributed by atoms with E-state index in [1.807, 2.05) is 19.3 Å². The molecular weight excluding hydrogens is 445 g/mol. The summed E-state index contributed by atoms with van der Waals surface area (Å²) >= 11 is 0. The first-order chi connectivity index (χ1) is 16.9. The number of carbonyl (C=O) groups is 1. The Morgan fingerprint density at radius 2 is 2.09 bits per heavy atom. The minimum Gasteiger partial charge on any atom is -0.394 e. The third-order valence-electron chi connectivity index (χ3n) is 6.38. The van der Waals surface area contributed by atoms with E-state index in [4.69, 9.17) is 12.2 Å². The van der Waals surface area contributed by atoms with Crippen molar-refractivity contribution in [3.63, 3.8) is 0 Å². The quantitative estimate of drug-likeness (QED) is 0.283. The van der Waals surface area contributed by atoms with Gasteiger partial charge in [0.05, 0.1) is 0 Å². The molecule has 1 fully saturated rings. The number of likely N-dealkylation sites (N-methyl/N-ethyl adjacent to an activating group) is 1. The van der Waals surface area contributed by atoms with E-state index in [2.05, 4.69) is 44.4 Å². The van der Waals surface area contributed by atoms with Crippen LogP contribution in [0.2, 0.25) is 0 Å². The fourth-order valence-electron chi connectivity index (χ4n) is 4.58. The summed E-state index contributed by atoms with van der Waals surface area (Å²) < 4.78 is 14.4. The van der Waals surface area contributed by atoms with Crippen molar-refractivity contribution in [1.29, 1.82) is 0 Å². The van der Waals surface area contributed by atoms with Crippen molar-refractivity contribution < 1.29 is 9.18 Å². The van der Waals surface area contributed by atoms with Crippen molar-refractivity contribution in [3.8, 4) is 12.3 Å². The van der Waals surface area contributed by atoms with E-state index in [-0.39, 0.29) is 24.1 Å². The molecule has 2 aliphatic rings. The van der Waals surface area contributed by atoms with Crippen molar-refractivity contribution in [3.05, 3.63) is 52.9 Å². The molecule has 1 aliphatic carbocycles. The highest BCUT2D eigenvalue weighted by Crippen LogP contribution is 2.28. The van der Waals surface area contributed by atoms with Gasteiger partial charge in [-0.25, -0.2) is 9.38 Å². The lowest BCUT2D eigenvalue weighted by atomic mass is 9.99. The highest BCUT2D eigenvalue weighted by atomic mass is 19.1. The molecule has 3 rings (SSSR count). The predicted octanol–water partition coefficient (Wildman–Crippen LogP) is 1.52. The predicted molar refractivity (Wildman–Crippen MR) is 138 cm³/mol. The van der Waals surface area contributed by atoms with Gasteiger partial charge in [0.2, 0.25) is 0 Å².